The summed E-state index contributed by atoms with van der Waals surface area (Å²) in [6.07, 6.45) is 3.89. The molecular formula is C21H21ClN4O3S. The van der Waals surface area contributed by atoms with Gasteiger partial charge in [0.15, 0.2) is 0 Å². The van der Waals surface area contributed by atoms with Crippen molar-refractivity contribution in [3.05, 3.63) is 73.9 Å². The monoisotopic (exact) mass is 444 g/mol. The average Bonchev–Trinajstić information content (AvgIpc) is 3.36. The number of hydrogen-bond donors (Lipinski definition) is 0. The van der Waals surface area contributed by atoms with Crippen LogP contribution in [0.15, 0.2) is 42.7 Å². The first-order valence-electron chi connectivity index (χ1n) is 9.58. The number of aromatic nitrogens is 1. The van der Waals surface area contributed by atoms with E-state index in [-0.39, 0.29) is 11.6 Å². The van der Waals surface area contributed by atoms with Gasteiger partial charge in [-0.15, -0.1) is 11.3 Å². The number of aryl methyl sites for hydroxylation is 1. The quantitative estimate of drug-likeness (QED) is 0.432. The second kappa shape index (κ2) is 8.12. The lowest BCUT2D eigenvalue weighted by Gasteiger charge is -2.36. The van der Waals surface area contributed by atoms with Gasteiger partial charge < -0.3 is 14.4 Å². The second-order valence-corrected chi connectivity index (χ2v) is 8.86. The summed E-state index contributed by atoms with van der Waals surface area (Å²) < 4.78 is 1.98. The Bertz CT molecular complexity index is 1100. The average molecular weight is 445 g/mol. The van der Waals surface area contributed by atoms with E-state index in [4.69, 9.17) is 11.6 Å². The van der Waals surface area contributed by atoms with Crippen LogP contribution in [0.25, 0.3) is 5.00 Å². The molecule has 30 heavy (non-hydrogen) atoms. The first-order chi connectivity index (χ1) is 14.4. The van der Waals surface area contributed by atoms with Gasteiger partial charge in [0.1, 0.15) is 10.7 Å². The van der Waals surface area contributed by atoms with Gasteiger partial charge in [-0.3, -0.25) is 14.9 Å². The van der Waals surface area contributed by atoms with Crippen LogP contribution in [0.4, 0.5) is 11.4 Å². The summed E-state index contributed by atoms with van der Waals surface area (Å²) in [5.41, 5.74) is 2.26. The minimum absolute atomic E-state index is 0.00538. The Labute approximate surface area is 183 Å². The Morgan fingerprint density at radius 3 is 2.43 bits per heavy atom. The highest BCUT2D eigenvalue weighted by atomic mass is 35.5. The second-order valence-electron chi connectivity index (χ2n) is 7.22. The zero-order valence-electron chi connectivity index (χ0n) is 16.7. The molecule has 156 valence electrons. The Hall–Kier alpha value is -2.84. The van der Waals surface area contributed by atoms with Crippen LogP contribution in [-0.4, -0.2) is 46.5 Å². The van der Waals surface area contributed by atoms with Crippen LogP contribution in [0.1, 0.15) is 20.8 Å². The molecule has 0 atom stereocenters. The molecule has 2 aromatic heterocycles. The van der Waals surface area contributed by atoms with Crippen LogP contribution >= 0.6 is 22.9 Å². The number of hydrogen-bond acceptors (Lipinski definition) is 5. The number of nitro groups is 1. The molecule has 1 amide bonds. The zero-order chi connectivity index (χ0) is 21.4. The van der Waals surface area contributed by atoms with Gasteiger partial charge in [0.25, 0.3) is 11.6 Å². The van der Waals surface area contributed by atoms with Crippen molar-refractivity contribution >= 4 is 40.2 Å². The summed E-state index contributed by atoms with van der Waals surface area (Å²) in [6.45, 7) is 6.06. The van der Waals surface area contributed by atoms with Gasteiger partial charge in [-0.05, 0) is 43.7 Å². The van der Waals surface area contributed by atoms with Crippen molar-refractivity contribution in [2.45, 2.75) is 13.8 Å². The fraction of sp³-hybridized carbons (Fsp3) is 0.286. The number of thiophene rings is 1. The maximum atomic E-state index is 13.4. The molecule has 1 fully saturated rings. The number of nitrogens with zero attached hydrogens (tertiary/aromatic N) is 4. The van der Waals surface area contributed by atoms with E-state index < -0.39 is 4.92 Å². The third kappa shape index (κ3) is 3.68. The molecule has 0 radical (unpaired) electrons. The first kappa shape index (κ1) is 20.4. The summed E-state index contributed by atoms with van der Waals surface area (Å²) >= 11 is 7.54. The fourth-order valence-electron chi connectivity index (χ4n) is 3.73. The van der Waals surface area contributed by atoms with Crippen LogP contribution in [0.5, 0.6) is 0 Å². The minimum Gasteiger partial charge on any atom is -0.362 e. The first-order valence-corrected chi connectivity index (χ1v) is 10.8. The third-order valence-electron chi connectivity index (χ3n) is 5.46. The summed E-state index contributed by atoms with van der Waals surface area (Å²) in [5, 5.41) is 12.7. The Morgan fingerprint density at radius 1 is 1.13 bits per heavy atom. The zero-order valence-corrected chi connectivity index (χ0v) is 18.2. The predicted molar refractivity (Wildman–Crippen MR) is 119 cm³/mol. The Balaban J connectivity index is 1.55. The van der Waals surface area contributed by atoms with Gasteiger partial charge in [0, 0.05) is 54.5 Å². The maximum absolute atomic E-state index is 13.4. The van der Waals surface area contributed by atoms with Crippen LogP contribution in [-0.2, 0) is 0 Å². The lowest BCUT2D eigenvalue weighted by molar-refractivity contribution is -0.384. The number of rotatable bonds is 4. The molecule has 0 spiro atoms. The van der Waals surface area contributed by atoms with E-state index in [1.165, 1.54) is 6.07 Å². The molecule has 9 heteroatoms. The molecule has 1 aliphatic heterocycles. The number of anilines is 1. The van der Waals surface area contributed by atoms with Gasteiger partial charge >= 0.3 is 0 Å². The summed E-state index contributed by atoms with van der Waals surface area (Å²) in [7, 11) is 0. The molecule has 1 aliphatic rings. The highest BCUT2D eigenvalue weighted by Gasteiger charge is 2.29. The topological polar surface area (TPSA) is 71.6 Å². The van der Waals surface area contributed by atoms with Crippen molar-refractivity contribution in [2.24, 2.45) is 0 Å². The van der Waals surface area contributed by atoms with Crippen molar-refractivity contribution in [1.82, 2.24) is 9.47 Å². The van der Waals surface area contributed by atoms with Crippen molar-refractivity contribution in [3.63, 3.8) is 0 Å². The number of nitro benzene ring substituents is 1. The van der Waals surface area contributed by atoms with E-state index in [0.29, 0.717) is 36.9 Å². The molecular weight excluding hydrogens is 424 g/mol. The highest BCUT2D eigenvalue weighted by Crippen LogP contribution is 2.34. The number of amides is 1. The molecule has 0 N–H and O–H groups in total. The molecule has 3 aromatic rings. The van der Waals surface area contributed by atoms with Gasteiger partial charge in [0.2, 0.25) is 0 Å². The van der Waals surface area contributed by atoms with Crippen molar-refractivity contribution in [2.75, 3.05) is 31.1 Å². The van der Waals surface area contributed by atoms with Gasteiger partial charge in [-0.2, -0.15) is 0 Å². The number of carbonyl (C=O) groups is 1. The molecule has 0 saturated carbocycles. The van der Waals surface area contributed by atoms with Gasteiger partial charge in [-0.1, -0.05) is 11.6 Å². The van der Waals surface area contributed by atoms with Crippen LogP contribution in [0.2, 0.25) is 5.02 Å². The Morgan fingerprint density at radius 2 is 1.80 bits per heavy atom. The van der Waals surface area contributed by atoms with Crippen LogP contribution < -0.4 is 4.90 Å². The van der Waals surface area contributed by atoms with Crippen LogP contribution in [0, 0.1) is 24.0 Å². The number of benzene rings is 1. The maximum Gasteiger partial charge on any atom is 0.294 e. The van der Waals surface area contributed by atoms with E-state index in [0.717, 1.165) is 21.0 Å². The normalized spacial score (nSPS) is 14.2. The lowest BCUT2D eigenvalue weighted by Crippen LogP contribution is -2.49. The van der Waals surface area contributed by atoms with E-state index >= 15 is 0 Å². The molecule has 4 rings (SSSR count). The standard InChI is InChI=1S/C21H21ClN4O3S/c1-14-15(2)30-21(25-7-3-4-8-25)19(14)20(27)24-11-9-23(10-12-24)17-6-5-16(22)13-18(17)26(28)29/h3-8,13H,9-12H2,1-2H3. The van der Waals surface area contributed by atoms with E-state index in [1.807, 2.05) is 52.7 Å². The number of carbonyl (C=O) groups excluding carboxylic acids is 1. The lowest BCUT2D eigenvalue weighted by atomic mass is 10.1. The third-order valence-corrected chi connectivity index (χ3v) is 6.92. The van der Waals surface area contributed by atoms with Crippen molar-refractivity contribution < 1.29 is 9.72 Å². The molecule has 0 unspecified atom stereocenters. The van der Waals surface area contributed by atoms with Gasteiger partial charge in [-0.25, -0.2) is 0 Å². The van der Waals surface area contributed by atoms with Gasteiger partial charge in [0.05, 0.1) is 10.5 Å². The summed E-state index contributed by atoms with van der Waals surface area (Å²) in [5.74, 6) is 0.00538. The molecule has 0 bridgehead atoms. The summed E-state index contributed by atoms with van der Waals surface area (Å²) in [4.78, 5) is 29.3. The molecule has 7 nitrogen and oxygen atoms in total. The highest BCUT2D eigenvalue weighted by molar-refractivity contribution is 7.15. The molecule has 1 saturated heterocycles. The number of piperazine rings is 1. The number of halogens is 1. The molecule has 0 aliphatic carbocycles. The SMILES string of the molecule is Cc1sc(-n2cccc2)c(C(=O)N2CCN(c3ccc(Cl)cc3[N+](=O)[O-])CC2)c1C. The molecule has 1 aromatic carbocycles. The fourth-order valence-corrected chi connectivity index (χ4v) is 5.01. The summed E-state index contributed by atoms with van der Waals surface area (Å²) in [6, 6.07) is 8.58. The Kier molecular flexibility index (Phi) is 5.53. The van der Waals surface area contributed by atoms with E-state index in [1.54, 1.807) is 23.5 Å². The van der Waals surface area contributed by atoms with Crippen molar-refractivity contribution in [1.29, 1.82) is 0 Å². The van der Waals surface area contributed by atoms with Crippen molar-refractivity contribution in [3.8, 4) is 5.00 Å². The molecule has 3 heterocycles. The van der Waals surface area contributed by atoms with Crippen LogP contribution in [0.3, 0.4) is 0 Å². The predicted octanol–water partition coefficient (Wildman–Crippen LogP) is 4.68. The smallest absolute Gasteiger partial charge is 0.294 e. The van der Waals surface area contributed by atoms with E-state index in [2.05, 4.69) is 0 Å². The van der Waals surface area contributed by atoms with E-state index in [9.17, 15) is 14.9 Å². The largest absolute Gasteiger partial charge is 0.362 e. The minimum atomic E-state index is -0.417.